The quantitative estimate of drug-likeness (QED) is 0.781. The lowest BCUT2D eigenvalue weighted by Crippen LogP contribution is -2.44. The molecule has 1 aliphatic rings. The number of alkyl halides is 3. The number of hydrogen-bond acceptors (Lipinski definition) is 4. The standard InChI is InChI=1S/C12H14F3NO2S/c1-18-9(17)8-7-19-10(16-8)11(12(13,14)15)5-3-2-4-6-11/h7H,2-6H2,1H3. The topological polar surface area (TPSA) is 39.2 Å². The number of methoxy groups -OCH3 is 1. The van der Waals surface area contributed by atoms with Crippen molar-refractivity contribution in [2.45, 2.75) is 43.7 Å². The molecular formula is C12H14F3NO2S. The highest BCUT2D eigenvalue weighted by atomic mass is 32.1. The third kappa shape index (κ3) is 2.48. The summed E-state index contributed by atoms with van der Waals surface area (Å²) in [6.45, 7) is 0. The van der Waals surface area contributed by atoms with Gasteiger partial charge in [-0.2, -0.15) is 13.2 Å². The van der Waals surface area contributed by atoms with Crippen molar-refractivity contribution in [3.63, 3.8) is 0 Å². The van der Waals surface area contributed by atoms with Gasteiger partial charge in [0.05, 0.1) is 7.11 Å². The lowest BCUT2D eigenvalue weighted by molar-refractivity contribution is -0.199. The summed E-state index contributed by atoms with van der Waals surface area (Å²) in [5.74, 6) is -0.698. The fraction of sp³-hybridized carbons (Fsp3) is 0.667. The Hall–Kier alpha value is -1.11. The third-order valence-corrected chi connectivity index (χ3v) is 4.60. The number of thiazole rings is 1. The SMILES string of the molecule is COC(=O)c1csc(C2(C(F)(F)F)CCCCC2)n1. The maximum absolute atomic E-state index is 13.4. The Bertz CT molecular complexity index is 464. The first kappa shape index (κ1) is 14.3. The van der Waals surface area contributed by atoms with Crippen LogP contribution in [0.2, 0.25) is 0 Å². The van der Waals surface area contributed by atoms with Gasteiger partial charge in [0.2, 0.25) is 0 Å². The Morgan fingerprint density at radius 3 is 2.53 bits per heavy atom. The first-order valence-corrected chi connectivity index (χ1v) is 6.90. The van der Waals surface area contributed by atoms with E-state index in [9.17, 15) is 18.0 Å². The predicted molar refractivity (Wildman–Crippen MR) is 64.3 cm³/mol. The van der Waals surface area contributed by atoms with E-state index in [1.807, 2.05) is 0 Å². The van der Waals surface area contributed by atoms with Crippen LogP contribution in [0.25, 0.3) is 0 Å². The zero-order valence-corrected chi connectivity index (χ0v) is 11.2. The molecule has 0 aromatic carbocycles. The molecule has 1 aromatic rings. The summed E-state index contributed by atoms with van der Waals surface area (Å²) in [5, 5.41) is 1.32. The Kier molecular flexibility index (Phi) is 3.85. The van der Waals surface area contributed by atoms with Crippen LogP contribution < -0.4 is 0 Å². The van der Waals surface area contributed by atoms with E-state index in [1.165, 1.54) is 12.5 Å². The van der Waals surface area contributed by atoms with Crippen molar-refractivity contribution in [3.8, 4) is 0 Å². The second kappa shape index (κ2) is 5.11. The molecule has 106 valence electrons. The van der Waals surface area contributed by atoms with Crippen LogP contribution >= 0.6 is 11.3 Å². The molecule has 0 atom stereocenters. The van der Waals surface area contributed by atoms with E-state index >= 15 is 0 Å². The molecule has 19 heavy (non-hydrogen) atoms. The molecule has 3 nitrogen and oxygen atoms in total. The van der Waals surface area contributed by atoms with Crippen LogP contribution in [0.4, 0.5) is 13.2 Å². The molecule has 0 N–H and O–H groups in total. The van der Waals surface area contributed by atoms with Crippen molar-refractivity contribution in [3.05, 3.63) is 16.1 Å². The minimum atomic E-state index is -4.33. The number of hydrogen-bond donors (Lipinski definition) is 0. The molecule has 2 rings (SSSR count). The van der Waals surface area contributed by atoms with Gasteiger partial charge < -0.3 is 4.74 Å². The van der Waals surface area contributed by atoms with Crippen molar-refractivity contribution in [2.24, 2.45) is 0 Å². The van der Waals surface area contributed by atoms with E-state index in [1.54, 1.807) is 0 Å². The summed E-state index contributed by atoms with van der Waals surface area (Å²) < 4.78 is 44.8. The molecule has 0 amide bonds. The average Bonchev–Trinajstić information content (AvgIpc) is 2.87. The first-order chi connectivity index (χ1) is 8.90. The van der Waals surface area contributed by atoms with Crippen LogP contribution in [0.15, 0.2) is 5.38 Å². The fourth-order valence-electron chi connectivity index (χ4n) is 2.47. The number of rotatable bonds is 2. The summed E-state index contributed by atoms with van der Waals surface area (Å²) >= 11 is 0.894. The Morgan fingerprint density at radius 1 is 1.37 bits per heavy atom. The van der Waals surface area contributed by atoms with Crippen LogP contribution in [0.5, 0.6) is 0 Å². The molecule has 7 heteroatoms. The Balaban J connectivity index is 2.39. The minimum Gasteiger partial charge on any atom is -0.464 e. The summed E-state index contributed by atoms with van der Waals surface area (Å²) in [5.41, 5.74) is -1.93. The maximum atomic E-state index is 13.4. The zero-order valence-electron chi connectivity index (χ0n) is 10.4. The maximum Gasteiger partial charge on any atom is 0.400 e. The molecule has 1 saturated carbocycles. The Morgan fingerprint density at radius 2 is 2.00 bits per heavy atom. The number of ether oxygens (including phenoxy) is 1. The van der Waals surface area contributed by atoms with Gasteiger partial charge in [0.15, 0.2) is 5.69 Å². The second-order valence-electron chi connectivity index (χ2n) is 4.67. The fourth-order valence-corrected chi connectivity index (χ4v) is 3.53. The van der Waals surface area contributed by atoms with E-state index < -0.39 is 17.6 Å². The van der Waals surface area contributed by atoms with Crippen molar-refractivity contribution < 1.29 is 22.7 Å². The van der Waals surface area contributed by atoms with Crippen LogP contribution in [0, 0.1) is 0 Å². The summed E-state index contributed by atoms with van der Waals surface area (Å²) in [6.07, 6.45) is -2.36. The molecular weight excluding hydrogens is 279 g/mol. The molecule has 0 spiro atoms. The van der Waals surface area contributed by atoms with E-state index in [-0.39, 0.29) is 23.5 Å². The molecule has 0 aliphatic heterocycles. The molecule has 0 radical (unpaired) electrons. The van der Waals surface area contributed by atoms with E-state index in [4.69, 9.17) is 0 Å². The van der Waals surface area contributed by atoms with Gasteiger partial charge in [-0.25, -0.2) is 9.78 Å². The van der Waals surface area contributed by atoms with E-state index in [0.717, 1.165) is 17.8 Å². The highest BCUT2D eigenvalue weighted by Crippen LogP contribution is 2.51. The van der Waals surface area contributed by atoms with Crippen LogP contribution in [-0.2, 0) is 10.2 Å². The first-order valence-electron chi connectivity index (χ1n) is 6.02. The van der Waals surface area contributed by atoms with Crippen molar-refractivity contribution in [1.29, 1.82) is 0 Å². The molecule has 1 heterocycles. The number of carbonyl (C=O) groups is 1. The molecule has 1 aromatic heterocycles. The number of nitrogens with zero attached hydrogens (tertiary/aromatic N) is 1. The Labute approximate surface area is 112 Å². The second-order valence-corrected chi connectivity index (χ2v) is 5.53. The van der Waals surface area contributed by atoms with E-state index in [2.05, 4.69) is 9.72 Å². The van der Waals surface area contributed by atoms with Crippen molar-refractivity contribution in [1.82, 2.24) is 4.98 Å². The van der Waals surface area contributed by atoms with Gasteiger partial charge in [-0.3, -0.25) is 0 Å². The lowest BCUT2D eigenvalue weighted by atomic mass is 9.74. The van der Waals surface area contributed by atoms with Gasteiger partial charge >= 0.3 is 12.1 Å². The van der Waals surface area contributed by atoms with Gasteiger partial charge in [-0.05, 0) is 12.8 Å². The van der Waals surface area contributed by atoms with Crippen LogP contribution in [0.1, 0.15) is 47.6 Å². The van der Waals surface area contributed by atoms with Crippen molar-refractivity contribution >= 4 is 17.3 Å². The number of aromatic nitrogens is 1. The highest BCUT2D eigenvalue weighted by Gasteiger charge is 2.57. The van der Waals surface area contributed by atoms with Crippen molar-refractivity contribution in [2.75, 3.05) is 7.11 Å². The summed E-state index contributed by atoms with van der Waals surface area (Å²) in [4.78, 5) is 15.2. The monoisotopic (exact) mass is 293 g/mol. The normalized spacial score (nSPS) is 19.2. The molecule has 0 saturated heterocycles. The molecule has 1 aliphatic carbocycles. The summed E-state index contributed by atoms with van der Waals surface area (Å²) in [7, 11) is 1.18. The van der Waals surface area contributed by atoms with Gasteiger partial charge in [0.25, 0.3) is 0 Å². The number of carbonyl (C=O) groups excluding carboxylic acids is 1. The largest absolute Gasteiger partial charge is 0.464 e. The highest BCUT2D eigenvalue weighted by molar-refractivity contribution is 7.10. The molecule has 0 bridgehead atoms. The van der Waals surface area contributed by atoms with E-state index in [0.29, 0.717) is 12.8 Å². The summed E-state index contributed by atoms with van der Waals surface area (Å²) in [6, 6.07) is 0. The minimum absolute atomic E-state index is 0.0138. The van der Waals surface area contributed by atoms with Gasteiger partial charge in [0.1, 0.15) is 10.4 Å². The van der Waals surface area contributed by atoms with Crippen LogP contribution in [-0.4, -0.2) is 24.2 Å². The third-order valence-electron chi connectivity index (χ3n) is 3.56. The molecule has 0 unspecified atom stereocenters. The number of halogens is 3. The van der Waals surface area contributed by atoms with Gasteiger partial charge in [-0.1, -0.05) is 19.3 Å². The predicted octanol–water partition coefficient (Wildman–Crippen LogP) is 3.69. The van der Waals surface area contributed by atoms with Gasteiger partial charge in [-0.15, -0.1) is 11.3 Å². The number of esters is 1. The average molecular weight is 293 g/mol. The molecule has 1 fully saturated rings. The smallest absolute Gasteiger partial charge is 0.400 e. The lowest BCUT2D eigenvalue weighted by Gasteiger charge is -2.37. The van der Waals surface area contributed by atoms with Gasteiger partial charge in [0, 0.05) is 5.38 Å². The zero-order chi connectivity index (χ0) is 14.1. The van der Waals surface area contributed by atoms with Crippen LogP contribution in [0.3, 0.4) is 0 Å².